The van der Waals surface area contributed by atoms with Crippen LogP contribution in [0.2, 0.25) is 0 Å². The van der Waals surface area contributed by atoms with E-state index in [1.54, 1.807) is 0 Å². The van der Waals surface area contributed by atoms with Gasteiger partial charge in [0.1, 0.15) is 5.58 Å². The molecule has 0 radical (unpaired) electrons. The number of carboxylic acid groups (broad SMARTS) is 1. The lowest BCUT2D eigenvalue weighted by molar-refractivity contribution is 0.0661. The fourth-order valence-corrected chi connectivity index (χ4v) is 4.49. The van der Waals surface area contributed by atoms with Gasteiger partial charge < -0.3 is 14.5 Å². The van der Waals surface area contributed by atoms with Crippen molar-refractivity contribution in [2.45, 2.75) is 25.3 Å². The first-order chi connectivity index (χ1) is 13.7. The van der Waals surface area contributed by atoms with Crippen LogP contribution in [-0.2, 0) is 6.54 Å². The Hall–Kier alpha value is -3.05. The van der Waals surface area contributed by atoms with Gasteiger partial charge in [0, 0.05) is 34.6 Å². The van der Waals surface area contributed by atoms with Crippen molar-refractivity contribution in [1.29, 1.82) is 0 Å². The number of carbonyl (C=O) groups is 1. The smallest absolute Gasteiger partial charge is 0.372 e. The minimum Gasteiger partial charge on any atom is -0.475 e. The van der Waals surface area contributed by atoms with E-state index < -0.39 is 5.97 Å². The summed E-state index contributed by atoms with van der Waals surface area (Å²) in [5.74, 6) is -0.396. The van der Waals surface area contributed by atoms with E-state index in [1.165, 1.54) is 16.5 Å². The number of para-hydroxylation sites is 2. The molecular weight excluding hydrogens is 352 g/mol. The van der Waals surface area contributed by atoms with Crippen molar-refractivity contribution in [3.8, 4) is 0 Å². The fraction of sp³-hybridized carbons (Fsp3) is 0.261. The second-order valence-electron chi connectivity index (χ2n) is 7.55. The number of likely N-dealkylation sites (tertiary alicyclic amines) is 1. The molecule has 2 aromatic carbocycles. The molecule has 2 aromatic heterocycles. The normalized spacial score (nSPS) is 16.1. The first-order valence-electron chi connectivity index (χ1n) is 9.73. The molecule has 0 spiro atoms. The molecule has 1 aliphatic rings. The van der Waals surface area contributed by atoms with E-state index in [0.717, 1.165) is 36.9 Å². The SMILES string of the molecule is O=C(O)c1oc2ccccc2c1CN1CCC(c2c[nH]c3ccccc23)CC1. The summed E-state index contributed by atoms with van der Waals surface area (Å²) < 4.78 is 5.60. The monoisotopic (exact) mass is 374 g/mol. The van der Waals surface area contributed by atoms with Crippen LogP contribution in [0.15, 0.2) is 59.1 Å². The molecule has 142 valence electrons. The maximum Gasteiger partial charge on any atom is 0.372 e. The summed E-state index contributed by atoms with van der Waals surface area (Å²) in [5, 5.41) is 11.8. The minimum absolute atomic E-state index is 0.0694. The highest BCUT2D eigenvalue weighted by molar-refractivity contribution is 5.95. The number of H-pyrrole nitrogens is 1. The van der Waals surface area contributed by atoms with Crippen LogP contribution in [0.3, 0.4) is 0 Å². The molecule has 0 bridgehead atoms. The third kappa shape index (κ3) is 2.88. The first-order valence-corrected chi connectivity index (χ1v) is 9.73. The Kier molecular flexibility index (Phi) is 4.17. The summed E-state index contributed by atoms with van der Waals surface area (Å²) in [6, 6.07) is 16.0. The second kappa shape index (κ2) is 6.84. The van der Waals surface area contributed by atoms with Gasteiger partial charge in [-0.2, -0.15) is 0 Å². The van der Waals surface area contributed by atoms with Crippen molar-refractivity contribution >= 4 is 27.8 Å². The fourth-order valence-electron chi connectivity index (χ4n) is 4.49. The van der Waals surface area contributed by atoms with Crippen molar-refractivity contribution < 1.29 is 14.3 Å². The van der Waals surface area contributed by atoms with Crippen molar-refractivity contribution in [3.05, 3.63) is 71.6 Å². The molecule has 0 unspecified atom stereocenters. The number of furan rings is 1. The lowest BCUT2D eigenvalue weighted by Gasteiger charge is -2.31. The number of nitrogens with one attached hydrogen (secondary N) is 1. The van der Waals surface area contributed by atoms with E-state index in [9.17, 15) is 9.90 Å². The largest absolute Gasteiger partial charge is 0.475 e. The van der Waals surface area contributed by atoms with E-state index >= 15 is 0 Å². The van der Waals surface area contributed by atoms with Gasteiger partial charge in [0.2, 0.25) is 5.76 Å². The highest BCUT2D eigenvalue weighted by Crippen LogP contribution is 2.34. The van der Waals surface area contributed by atoms with Gasteiger partial charge in [-0.3, -0.25) is 4.90 Å². The number of aromatic amines is 1. The third-order valence-corrected chi connectivity index (χ3v) is 5.92. The maximum absolute atomic E-state index is 11.6. The standard InChI is InChI=1S/C23H22N2O3/c26-23(27)22-19(17-6-2-4-8-21(17)28-22)14-25-11-9-15(10-12-25)18-13-24-20-7-3-1-5-16(18)20/h1-8,13,15,24H,9-12,14H2,(H,26,27). The molecular formula is C23H22N2O3. The lowest BCUT2D eigenvalue weighted by Crippen LogP contribution is -2.32. The number of benzene rings is 2. The van der Waals surface area contributed by atoms with Crippen molar-refractivity contribution in [2.24, 2.45) is 0 Å². The minimum atomic E-state index is -1.00. The molecule has 5 rings (SSSR count). The number of piperidine rings is 1. The van der Waals surface area contributed by atoms with Crippen LogP contribution in [0.25, 0.3) is 21.9 Å². The van der Waals surface area contributed by atoms with Gasteiger partial charge in [-0.25, -0.2) is 4.79 Å². The van der Waals surface area contributed by atoms with Crippen LogP contribution in [0.5, 0.6) is 0 Å². The average Bonchev–Trinajstić information content (AvgIpc) is 3.31. The van der Waals surface area contributed by atoms with E-state index in [2.05, 4.69) is 40.3 Å². The molecule has 5 heteroatoms. The van der Waals surface area contributed by atoms with Gasteiger partial charge in [0.05, 0.1) is 0 Å². The van der Waals surface area contributed by atoms with Gasteiger partial charge >= 0.3 is 5.97 Å². The number of fused-ring (bicyclic) bond motifs is 2. The number of hydrogen-bond acceptors (Lipinski definition) is 3. The molecule has 2 N–H and O–H groups in total. The molecule has 0 amide bonds. The van der Waals surface area contributed by atoms with E-state index in [4.69, 9.17) is 4.42 Å². The Bertz CT molecular complexity index is 1150. The Morgan fingerprint density at radius 2 is 1.79 bits per heavy atom. The number of aromatic nitrogens is 1. The van der Waals surface area contributed by atoms with Crippen molar-refractivity contribution in [3.63, 3.8) is 0 Å². The zero-order chi connectivity index (χ0) is 19.1. The predicted octanol–water partition coefficient (Wildman–Crippen LogP) is 4.99. The zero-order valence-corrected chi connectivity index (χ0v) is 15.5. The van der Waals surface area contributed by atoms with Gasteiger partial charge in [-0.15, -0.1) is 0 Å². The van der Waals surface area contributed by atoms with E-state index in [0.29, 0.717) is 18.0 Å². The molecule has 1 fully saturated rings. The average molecular weight is 374 g/mol. The van der Waals surface area contributed by atoms with Crippen LogP contribution in [0.1, 0.15) is 40.4 Å². The third-order valence-electron chi connectivity index (χ3n) is 5.92. The highest BCUT2D eigenvalue weighted by Gasteiger charge is 2.26. The van der Waals surface area contributed by atoms with Crippen LogP contribution >= 0.6 is 0 Å². The van der Waals surface area contributed by atoms with Gasteiger partial charge in [-0.1, -0.05) is 36.4 Å². The van der Waals surface area contributed by atoms with Gasteiger partial charge in [0.25, 0.3) is 0 Å². The summed E-state index contributed by atoms with van der Waals surface area (Å²) in [6.45, 7) is 2.50. The summed E-state index contributed by atoms with van der Waals surface area (Å²) in [4.78, 5) is 17.4. The Morgan fingerprint density at radius 1 is 1.07 bits per heavy atom. The molecule has 0 saturated carbocycles. The van der Waals surface area contributed by atoms with Crippen molar-refractivity contribution in [1.82, 2.24) is 9.88 Å². The Morgan fingerprint density at radius 3 is 2.57 bits per heavy atom. The number of rotatable bonds is 4. The molecule has 3 heterocycles. The molecule has 0 aliphatic carbocycles. The van der Waals surface area contributed by atoms with Crippen LogP contribution in [0.4, 0.5) is 0 Å². The van der Waals surface area contributed by atoms with Gasteiger partial charge in [-0.05, 0) is 49.5 Å². The van der Waals surface area contributed by atoms with E-state index in [-0.39, 0.29) is 5.76 Å². The predicted molar refractivity (Wildman–Crippen MR) is 109 cm³/mol. The summed E-state index contributed by atoms with van der Waals surface area (Å²) in [6.07, 6.45) is 4.29. The number of hydrogen-bond donors (Lipinski definition) is 2. The van der Waals surface area contributed by atoms with Crippen LogP contribution in [0, 0.1) is 0 Å². The Labute approximate surface area is 162 Å². The lowest BCUT2D eigenvalue weighted by atomic mass is 9.89. The molecule has 4 aromatic rings. The number of carboxylic acids is 1. The molecule has 1 saturated heterocycles. The van der Waals surface area contributed by atoms with Crippen LogP contribution in [-0.4, -0.2) is 34.0 Å². The summed E-state index contributed by atoms with van der Waals surface area (Å²) >= 11 is 0. The van der Waals surface area contributed by atoms with Gasteiger partial charge in [0.15, 0.2) is 0 Å². The topological polar surface area (TPSA) is 69.5 Å². The molecule has 5 nitrogen and oxygen atoms in total. The quantitative estimate of drug-likeness (QED) is 0.528. The second-order valence-corrected chi connectivity index (χ2v) is 7.55. The summed E-state index contributed by atoms with van der Waals surface area (Å²) in [7, 11) is 0. The van der Waals surface area contributed by atoms with Crippen molar-refractivity contribution in [2.75, 3.05) is 13.1 Å². The summed E-state index contributed by atoms with van der Waals surface area (Å²) in [5.41, 5.74) is 4.02. The van der Waals surface area contributed by atoms with Crippen LogP contribution < -0.4 is 0 Å². The number of nitrogens with zero attached hydrogens (tertiary/aromatic N) is 1. The first kappa shape index (κ1) is 17.1. The zero-order valence-electron chi connectivity index (χ0n) is 15.5. The highest BCUT2D eigenvalue weighted by atomic mass is 16.4. The Balaban J connectivity index is 1.35. The maximum atomic E-state index is 11.6. The molecule has 0 atom stereocenters. The molecule has 1 aliphatic heterocycles. The van der Waals surface area contributed by atoms with E-state index in [1.807, 2.05) is 24.3 Å². The molecule has 28 heavy (non-hydrogen) atoms. The number of aromatic carboxylic acids is 1.